The summed E-state index contributed by atoms with van der Waals surface area (Å²) in [6.07, 6.45) is 2.36. The summed E-state index contributed by atoms with van der Waals surface area (Å²) in [6.45, 7) is 4.58. The van der Waals surface area contributed by atoms with Gasteiger partial charge in [-0.05, 0) is 36.3 Å². The Morgan fingerprint density at radius 3 is 2.42 bits per heavy atom. The highest BCUT2D eigenvalue weighted by atomic mass is 32.2. The van der Waals surface area contributed by atoms with Crippen molar-refractivity contribution in [2.45, 2.75) is 32.7 Å². The molecule has 2 nitrogen and oxygen atoms in total. The predicted octanol–water partition coefficient (Wildman–Crippen LogP) is 3.26. The van der Waals surface area contributed by atoms with E-state index in [2.05, 4.69) is 43.4 Å². The first-order chi connectivity index (χ1) is 9.21. The first-order valence-corrected chi connectivity index (χ1v) is 8.31. The number of aliphatic hydroxyl groups is 1. The molecule has 1 aromatic carbocycles. The fraction of sp³-hybridized carbons (Fsp3) is 0.625. The van der Waals surface area contributed by atoms with Gasteiger partial charge in [0.15, 0.2) is 0 Å². The molecule has 0 aromatic heterocycles. The summed E-state index contributed by atoms with van der Waals surface area (Å²) in [7, 11) is 2.01. The molecule has 0 radical (unpaired) electrons. The molecule has 0 saturated carbocycles. The lowest BCUT2D eigenvalue weighted by Crippen LogP contribution is -2.19. The lowest BCUT2D eigenvalue weighted by Gasteiger charge is -2.17. The van der Waals surface area contributed by atoms with Gasteiger partial charge in [0.05, 0.1) is 0 Å². The van der Waals surface area contributed by atoms with Crippen LogP contribution in [0.1, 0.15) is 37.4 Å². The van der Waals surface area contributed by atoms with E-state index >= 15 is 0 Å². The van der Waals surface area contributed by atoms with Crippen molar-refractivity contribution >= 4 is 11.8 Å². The third-order valence-corrected chi connectivity index (χ3v) is 4.64. The van der Waals surface area contributed by atoms with Gasteiger partial charge in [-0.1, -0.05) is 44.5 Å². The maximum atomic E-state index is 9.03. The molecule has 0 bridgehead atoms. The topological polar surface area (TPSA) is 32.3 Å². The van der Waals surface area contributed by atoms with Crippen LogP contribution in [0.2, 0.25) is 0 Å². The number of hydrogen-bond donors (Lipinski definition) is 2. The van der Waals surface area contributed by atoms with Crippen molar-refractivity contribution in [1.29, 1.82) is 0 Å². The Bertz CT molecular complexity index is 339. The molecule has 1 aromatic rings. The van der Waals surface area contributed by atoms with E-state index in [4.69, 9.17) is 5.11 Å². The van der Waals surface area contributed by atoms with Crippen molar-refractivity contribution in [2.24, 2.45) is 5.92 Å². The van der Waals surface area contributed by atoms with Crippen LogP contribution in [0.15, 0.2) is 24.3 Å². The lowest BCUT2D eigenvalue weighted by atomic mass is 10.0. The number of hydrogen-bond acceptors (Lipinski definition) is 3. The average Bonchev–Trinajstić information content (AvgIpc) is 2.45. The van der Waals surface area contributed by atoms with Crippen LogP contribution < -0.4 is 5.32 Å². The standard InChI is InChI=1S/C16H27NOS/c1-4-5-14-6-8-15(9-7-14)16(17-3)12-19-11-13(2)10-18/h6-9,13,16-18H,4-5,10-12H2,1-3H3. The fourth-order valence-electron chi connectivity index (χ4n) is 1.99. The van der Waals surface area contributed by atoms with Gasteiger partial charge in [-0.15, -0.1) is 0 Å². The largest absolute Gasteiger partial charge is 0.396 e. The number of aliphatic hydroxyl groups excluding tert-OH is 1. The van der Waals surface area contributed by atoms with Crippen LogP contribution in [-0.2, 0) is 6.42 Å². The highest BCUT2D eigenvalue weighted by Crippen LogP contribution is 2.20. The number of thioether (sulfide) groups is 1. The van der Waals surface area contributed by atoms with Crippen molar-refractivity contribution in [2.75, 3.05) is 25.2 Å². The monoisotopic (exact) mass is 281 g/mol. The van der Waals surface area contributed by atoms with Crippen LogP contribution in [0.3, 0.4) is 0 Å². The molecule has 0 aliphatic heterocycles. The van der Waals surface area contributed by atoms with Gasteiger partial charge in [-0.25, -0.2) is 0 Å². The maximum Gasteiger partial charge on any atom is 0.0464 e. The van der Waals surface area contributed by atoms with Crippen LogP contribution in [0.5, 0.6) is 0 Å². The van der Waals surface area contributed by atoms with Crippen LogP contribution in [0.4, 0.5) is 0 Å². The zero-order valence-electron chi connectivity index (χ0n) is 12.4. The number of aryl methyl sites for hydroxylation is 1. The molecule has 1 rings (SSSR count). The molecule has 0 spiro atoms. The molecule has 2 N–H and O–H groups in total. The first kappa shape index (κ1) is 16.5. The van der Waals surface area contributed by atoms with Crippen molar-refractivity contribution in [3.05, 3.63) is 35.4 Å². The highest BCUT2D eigenvalue weighted by molar-refractivity contribution is 7.99. The maximum absolute atomic E-state index is 9.03. The Labute approximate surface area is 122 Å². The molecule has 0 heterocycles. The van der Waals surface area contributed by atoms with E-state index < -0.39 is 0 Å². The van der Waals surface area contributed by atoms with Gasteiger partial charge >= 0.3 is 0 Å². The number of benzene rings is 1. The SMILES string of the molecule is CCCc1ccc(C(CSCC(C)CO)NC)cc1. The number of nitrogens with one attached hydrogen (secondary N) is 1. The van der Waals surface area contributed by atoms with Crippen LogP contribution in [0.25, 0.3) is 0 Å². The smallest absolute Gasteiger partial charge is 0.0464 e. The second kappa shape index (κ2) is 9.40. The summed E-state index contributed by atoms with van der Waals surface area (Å²) in [5.41, 5.74) is 2.77. The van der Waals surface area contributed by atoms with Crippen molar-refractivity contribution in [3.63, 3.8) is 0 Å². The van der Waals surface area contributed by atoms with Gasteiger partial charge in [-0.3, -0.25) is 0 Å². The third-order valence-electron chi connectivity index (χ3n) is 3.27. The van der Waals surface area contributed by atoms with Gasteiger partial charge in [0, 0.05) is 18.4 Å². The molecule has 2 atom stereocenters. The minimum Gasteiger partial charge on any atom is -0.396 e. The minimum absolute atomic E-state index is 0.281. The van der Waals surface area contributed by atoms with Gasteiger partial charge in [0.1, 0.15) is 0 Å². The Balaban J connectivity index is 2.49. The molecule has 3 heteroatoms. The van der Waals surface area contributed by atoms with Gasteiger partial charge < -0.3 is 10.4 Å². The average molecular weight is 281 g/mol. The highest BCUT2D eigenvalue weighted by Gasteiger charge is 2.10. The Hall–Kier alpha value is -0.510. The number of rotatable bonds is 9. The van der Waals surface area contributed by atoms with Gasteiger partial charge in [-0.2, -0.15) is 11.8 Å². The molecule has 108 valence electrons. The predicted molar refractivity (Wildman–Crippen MR) is 85.8 cm³/mol. The zero-order chi connectivity index (χ0) is 14.1. The summed E-state index contributed by atoms with van der Waals surface area (Å²) in [4.78, 5) is 0. The Morgan fingerprint density at radius 2 is 1.89 bits per heavy atom. The normalized spacial score (nSPS) is 14.3. The van der Waals surface area contributed by atoms with E-state index in [-0.39, 0.29) is 6.61 Å². The summed E-state index contributed by atoms with van der Waals surface area (Å²) in [5, 5.41) is 12.4. The van der Waals surface area contributed by atoms with Gasteiger partial charge in [0.2, 0.25) is 0 Å². The Kier molecular flexibility index (Phi) is 8.19. The zero-order valence-corrected chi connectivity index (χ0v) is 13.2. The molecule has 0 fully saturated rings. The second-order valence-electron chi connectivity index (χ2n) is 5.16. The van der Waals surface area contributed by atoms with Crippen molar-refractivity contribution in [1.82, 2.24) is 5.32 Å². The quantitative estimate of drug-likeness (QED) is 0.729. The molecule has 2 unspecified atom stereocenters. The summed E-state index contributed by atoms with van der Waals surface area (Å²) >= 11 is 1.91. The van der Waals surface area contributed by atoms with Gasteiger partial charge in [0.25, 0.3) is 0 Å². The third kappa shape index (κ3) is 5.98. The first-order valence-electron chi connectivity index (χ1n) is 7.16. The summed E-state index contributed by atoms with van der Waals surface area (Å²) in [6, 6.07) is 9.35. The van der Waals surface area contributed by atoms with Crippen LogP contribution in [-0.4, -0.2) is 30.3 Å². The van der Waals surface area contributed by atoms with Crippen molar-refractivity contribution in [3.8, 4) is 0 Å². The second-order valence-corrected chi connectivity index (χ2v) is 6.23. The van der Waals surface area contributed by atoms with E-state index in [9.17, 15) is 0 Å². The van der Waals surface area contributed by atoms with Crippen molar-refractivity contribution < 1.29 is 5.11 Å². The molecule has 0 aliphatic carbocycles. The van der Waals surface area contributed by atoms with E-state index in [0.29, 0.717) is 12.0 Å². The van der Waals surface area contributed by atoms with E-state index in [1.807, 2.05) is 18.8 Å². The Morgan fingerprint density at radius 1 is 1.21 bits per heavy atom. The summed E-state index contributed by atoms with van der Waals surface area (Å²) in [5.74, 6) is 2.45. The van der Waals surface area contributed by atoms with Crippen LogP contribution in [0, 0.1) is 5.92 Å². The molecular formula is C16H27NOS. The van der Waals surface area contributed by atoms with Crippen LogP contribution >= 0.6 is 11.8 Å². The molecule has 19 heavy (non-hydrogen) atoms. The lowest BCUT2D eigenvalue weighted by molar-refractivity contribution is 0.250. The minimum atomic E-state index is 0.281. The van der Waals surface area contributed by atoms with E-state index in [1.54, 1.807) is 0 Å². The van der Waals surface area contributed by atoms with E-state index in [0.717, 1.165) is 17.9 Å². The molecule has 0 saturated heterocycles. The molecule has 0 amide bonds. The summed E-state index contributed by atoms with van der Waals surface area (Å²) < 4.78 is 0. The molecule has 0 aliphatic rings. The fourth-order valence-corrected chi connectivity index (χ4v) is 3.23. The van der Waals surface area contributed by atoms with E-state index in [1.165, 1.54) is 17.5 Å². The molecular weight excluding hydrogens is 254 g/mol.